The van der Waals surface area contributed by atoms with Gasteiger partial charge in [-0.15, -0.1) is 0 Å². The fraction of sp³-hybridized carbons (Fsp3) is 0. The first-order chi connectivity index (χ1) is 9.20. The van der Waals surface area contributed by atoms with E-state index in [1.807, 2.05) is 0 Å². The zero-order valence-electron chi connectivity index (χ0n) is 9.83. The predicted octanol–water partition coefficient (Wildman–Crippen LogP) is 2.43. The molecule has 0 bridgehead atoms. The summed E-state index contributed by atoms with van der Waals surface area (Å²) in [6.07, 6.45) is 3.02. The van der Waals surface area contributed by atoms with Crippen LogP contribution >= 0.6 is 0 Å². The van der Waals surface area contributed by atoms with Crippen molar-refractivity contribution in [1.82, 2.24) is 4.98 Å². The van der Waals surface area contributed by atoms with Crippen LogP contribution in [-0.2, 0) is 0 Å². The summed E-state index contributed by atoms with van der Waals surface area (Å²) in [5.41, 5.74) is 1.08. The zero-order valence-corrected chi connectivity index (χ0v) is 9.83. The van der Waals surface area contributed by atoms with E-state index in [0.717, 1.165) is 0 Å². The molecule has 0 saturated heterocycles. The van der Waals surface area contributed by atoms with Crippen LogP contribution in [0.5, 0.6) is 0 Å². The van der Waals surface area contributed by atoms with Gasteiger partial charge in [0, 0.05) is 23.5 Å². The third kappa shape index (κ3) is 1.65. The molecule has 0 aliphatic heterocycles. The Morgan fingerprint density at radius 1 is 0.842 bits per heavy atom. The van der Waals surface area contributed by atoms with Crippen LogP contribution in [0.3, 0.4) is 0 Å². The molecular weight excluding hydrogens is 242 g/mol. The summed E-state index contributed by atoms with van der Waals surface area (Å²) in [4.78, 5) is 28.3. The summed E-state index contributed by atoms with van der Waals surface area (Å²) in [6.45, 7) is 0. The van der Waals surface area contributed by atoms with E-state index in [9.17, 15) is 14.7 Å². The van der Waals surface area contributed by atoms with E-state index in [-0.39, 0.29) is 16.9 Å². The number of fused-ring (bicyclic) bond motifs is 1. The summed E-state index contributed by atoms with van der Waals surface area (Å²) >= 11 is 0. The molecule has 1 N–H and O–H groups in total. The van der Waals surface area contributed by atoms with Crippen molar-refractivity contribution in [2.45, 2.75) is 0 Å². The number of hydrogen-bond acceptors (Lipinski definition) is 4. The molecular formula is C15H9NO3. The van der Waals surface area contributed by atoms with Gasteiger partial charge in [-0.25, -0.2) is 0 Å². The van der Waals surface area contributed by atoms with Crippen molar-refractivity contribution in [3.8, 4) is 0 Å². The van der Waals surface area contributed by atoms with E-state index in [1.54, 1.807) is 30.3 Å². The highest BCUT2D eigenvalue weighted by molar-refractivity contribution is 6.39. The number of pyridine rings is 1. The number of aliphatic hydroxyl groups is 1. The zero-order chi connectivity index (χ0) is 13.4. The van der Waals surface area contributed by atoms with Crippen molar-refractivity contribution >= 4 is 17.1 Å². The minimum Gasteiger partial charge on any atom is -0.504 e. The number of benzene rings is 1. The average Bonchev–Trinajstić information content (AvgIpc) is 2.46. The number of ketones is 2. The van der Waals surface area contributed by atoms with Gasteiger partial charge in [-0.2, -0.15) is 0 Å². The van der Waals surface area contributed by atoms with Gasteiger partial charge in [-0.1, -0.05) is 24.3 Å². The Balaban J connectivity index is 2.25. The highest BCUT2D eigenvalue weighted by atomic mass is 16.3. The molecule has 0 saturated carbocycles. The number of rotatable bonds is 1. The van der Waals surface area contributed by atoms with Crippen LogP contribution < -0.4 is 0 Å². The summed E-state index contributed by atoms with van der Waals surface area (Å²) in [7, 11) is 0. The van der Waals surface area contributed by atoms with Gasteiger partial charge in [0.05, 0.1) is 5.57 Å². The van der Waals surface area contributed by atoms with Gasteiger partial charge in [-0.05, 0) is 17.7 Å². The maximum Gasteiger partial charge on any atom is 0.228 e. The molecule has 1 aliphatic carbocycles. The van der Waals surface area contributed by atoms with Gasteiger partial charge in [0.15, 0.2) is 11.5 Å². The second kappa shape index (κ2) is 4.17. The summed E-state index contributed by atoms with van der Waals surface area (Å²) in [6, 6.07) is 9.65. The second-order valence-corrected chi connectivity index (χ2v) is 4.16. The number of carbonyl (C=O) groups excluding carboxylic acids is 2. The first-order valence-corrected chi connectivity index (χ1v) is 5.72. The molecule has 0 spiro atoms. The summed E-state index contributed by atoms with van der Waals surface area (Å²) in [5.74, 6) is -1.38. The van der Waals surface area contributed by atoms with E-state index in [0.29, 0.717) is 11.1 Å². The smallest absolute Gasteiger partial charge is 0.228 e. The Bertz CT molecular complexity index is 717. The second-order valence-electron chi connectivity index (χ2n) is 4.16. The SMILES string of the molecule is O=C1C(O)=C(c2ccncc2)C(=O)c2ccccc21. The molecule has 0 fully saturated rings. The molecule has 2 aromatic rings. The van der Waals surface area contributed by atoms with Gasteiger partial charge >= 0.3 is 0 Å². The summed E-state index contributed by atoms with van der Waals surface area (Å²) in [5, 5.41) is 10.00. The monoisotopic (exact) mass is 251 g/mol. The van der Waals surface area contributed by atoms with Gasteiger partial charge in [0.2, 0.25) is 5.78 Å². The van der Waals surface area contributed by atoms with Gasteiger partial charge in [0.25, 0.3) is 0 Å². The molecule has 1 aromatic carbocycles. The van der Waals surface area contributed by atoms with E-state index in [1.165, 1.54) is 18.5 Å². The van der Waals surface area contributed by atoms with Crippen LogP contribution in [0.4, 0.5) is 0 Å². The lowest BCUT2D eigenvalue weighted by atomic mass is 9.85. The fourth-order valence-electron chi connectivity index (χ4n) is 2.15. The van der Waals surface area contributed by atoms with Crippen LogP contribution in [-0.4, -0.2) is 21.7 Å². The number of aliphatic hydroxyl groups excluding tert-OH is 1. The Hall–Kier alpha value is -2.75. The highest BCUT2D eigenvalue weighted by Crippen LogP contribution is 2.30. The molecule has 92 valence electrons. The van der Waals surface area contributed by atoms with Crippen LogP contribution in [0.15, 0.2) is 54.6 Å². The third-order valence-corrected chi connectivity index (χ3v) is 3.06. The molecule has 3 rings (SSSR count). The lowest BCUT2D eigenvalue weighted by Gasteiger charge is -2.17. The third-order valence-electron chi connectivity index (χ3n) is 3.06. The lowest BCUT2D eigenvalue weighted by Crippen LogP contribution is -2.21. The molecule has 1 heterocycles. The first kappa shape index (κ1) is 11.3. The minimum atomic E-state index is -0.526. The Labute approximate surface area is 109 Å². The van der Waals surface area contributed by atoms with E-state index >= 15 is 0 Å². The number of nitrogens with zero attached hydrogens (tertiary/aromatic N) is 1. The summed E-state index contributed by atoms with van der Waals surface area (Å²) < 4.78 is 0. The van der Waals surface area contributed by atoms with Gasteiger partial charge in [0.1, 0.15) is 0 Å². The Morgan fingerprint density at radius 2 is 1.42 bits per heavy atom. The molecule has 4 heteroatoms. The molecule has 19 heavy (non-hydrogen) atoms. The van der Waals surface area contributed by atoms with Gasteiger partial charge in [-0.3, -0.25) is 14.6 Å². The normalized spacial score (nSPS) is 14.5. The number of carbonyl (C=O) groups is 2. The van der Waals surface area contributed by atoms with Crippen LogP contribution in [0.2, 0.25) is 0 Å². The van der Waals surface area contributed by atoms with Crippen molar-refractivity contribution in [3.05, 3.63) is 71.2 Å². The molecule has 1 aromatic heterocycles. The van der Waals surface area contributed by atoms with Crippen molar-refractivity contribution in [1.29, 1.82) is 0 Å². The maximum absolute atomic E-state index is 12.4. The van der Waals surface area contributed by atoms with Crippen LogP contribution in [0.1, 0.15) is 26.3 Å². The van der Waals surface area contributed by atoms with Crippen molar-refractivity contribution in [2.75, 3.05) is 0 Å². The minimum absolute atomic E-state index is 0.0334. The Morgan fingerprint density at radius 3 is 2.05 bits per heavy atom. The van der Waals surface area contributed by atoms with E-state index < -0.39 is 11.5 Å². The average molecular weight is 251 g/mol. The molecule has 1 aliphatic rings. The molecule has 0 radical (unpaired) electrons. The number of allylic oxidation sites excluding steroid dienone is 2. The lowest BCUT2D eigenvalue weighted by molar-refractivity contribution is 0.0947. The van der Waals surface area contributed by atoms with Crippen LogP contribution in [0.25, 0.3) is 5.57 Å². The fourth-order valence-corrected chi connectivity index (χ4v) is 2.15. The van der Waals surface area contributed by atoms with E-state index in [2.05, 4.69) is 4.98 Å². The first-order valence-electron chi connectivity index (χ1n) is 5.72. The van der Waals surface area contributed by atoms with Crippen molar-refractivity contribution < 1.29 is 14.7 Å². The van der Waals surface area contributed by atoms with E-state index in [4.69, 9.17) is 0 Å². The molecule has 0 atom stereocenters. The largest absolute Gasteiger partial charge is 0.504 e. The van der Waals surface area contributed by atoms with Crippen molar-refractivity contribution in [3.63, 3.8) is 0 Å². The molecule has 0 unspecified atom stereocenters. The maximum atomic E-state index is 12.4. The van der Waals surface area contributed by atoms with Crippen LogP contribution in [0, 0.1) is 0 Å². The van der Waals surface area contributed by atoms with Gasteiger partial charge < -0.3 is 5.11 Å². The number of hydrogen-bond donors (Lipinski definition) is 1. The Kier molecular flexibility index (Phi) is 2.49. The number of aromatic nitrogens is 1. The van der Waals surface area contributed by atoms with Crippen molar-refractivity contribution in [2.24, 2.45) is 0 Å². The molecule has 0 amide bonds. The molecule has 4 nitrogen and oxygen atoms in total. The topological polar surface area (TPSA) is 67.3 Å². The quantitative estimate of drug-likeness (QED) is 0.845. The number of Topliss-reactive ketones (excluding diaryl/α,β-unsaturated/α-hetero) is 2. The predicted molar refractivity (Wildman–Crippen MR) is 68.9 cm³/mol. The standard InChI is InChI=1S/C15H9NO3/c17-13-10-3-1-2-4-11(10)14(18)15(19)12(13)9-5-7-16-8-6-9/h1-8,19H. The highest BCUT2D eigenvalue weighted by Gasteiger charge is 2.32.